The van der Waals surface area contributed by atoms with Gasteiger partial charge in [-0.2, -0.15) is 0 Å². The van der Waals surface area contributed by atoms with Crippen molar-refractivity contribution in [2.45, 2.75) is 26.2 Å². The van der Waals surface area contributed by atoms with Crippen LogP contribution in [0.25, 0.3) is 10.2 Å². The highest BCUT2D eigenvalue weighted by atomic mass is 32.1. The third-order valence-corrected chi connectivity index (χ3v) is 7.83. The molecule has 2 saturated heterocycles. The van der Waals surface area contributed by atoms with Gasteiger partial charge < -0.3 is 24.9 Å². The van der Waals surface area contributed by atoms with Crippen LogP contribution in [0.2, 0.25) is 0 Å². The molecule has 30 heavy (non-hydrogen) atoms. The van der Waals surface area contributed by atoms with Crippen LogP contribution in [0.1, 0.15) is 25.8 Å². The molecule has 0 radical (unpaired) electrons. The first-order valence-corrected chi connectivity index (χ1v) is 12.1. The molecule has 8 heteroatoms. The number of hydrogen-bond acceptors (Lipinski definition) is 6. The van der Waals surface area contributed by atoms with Crippen LogP contribution in [0, 0.1) is 0 Å². The highest BCUT2D eigenvalue weighted by Crippen LogP contribution is 2.37. The van der Waals surface area contributed by atoms with Gasteiger partial charge in [0, 0.05) is 57.8 Å². The second-order valence-electron chi connectivity index (χ2n) is 9.62. The molecule has 2 aromatic rings. The monoisotopic (exact) mass is 446 g/mol. The van der Waals surface area contributed by atoms with Crippen LogP contribution < -0.4 is 10.2 Å². The van der Waals surface area contributed by atoms with E-state index >= 15 is 0 Å². The number of likely N-dealkylation sites (N-methyl/N-ethyl adjacent to an activating group) is 2. The first kappa shape index (κ1) is 21.7. The van der Waals surface area contributed by atoms with Gasteiger partial charge in [0.25, 0.3) is 0 Å². The Hall–Kier alpha value is -1.48. The Kier molecular flexibility index (Phi) is 6.21. The van der Waals surface area contributed by atoms with Gasteiger partial charge in [0.15, 0.2) is 5.11 Å². The fourth-order valence-corrected chi connectivity index (χ4v) is 5.23. The first-order chi connectivity index (χ1) is 14.2. The molecule has 0 aliphatic carbocycles. The molecule has 2 aliphatic rings. The number of fused-ring (bicyclic) bond motifs is 1. The lowest BCUT2D eigenvalue weighted by atomic mass is 9.98. The Balaban J connectivity index is 1.66. The lowest BCUT2D eigenvalue weighted by Crippen LogP contribution is -2.48. The van der Waals surface area contributed by atoms with Crippen LogP contribution in [-0.2, 0) is 5.41 Å². The molecule has 6 nitrogen and oxygen atoms in total. The highest BCUT2D eigenvalue weighted by molar-refractivity contribution is 7.80. The number of piperazine rings is 2. The van der Waals surface area contributed by atoms with Crippen molar-refractivity contribution in [2.75, 3.05) is 76.7 Å². The minimum Gasteiger partial charge on any atom is -0.367 e. The summed E-state index contributed by atoms with van der Waals surface area (Å²) < 4.78 is 1.22. The second kappa shape index (κ2) is 8.57. The highest BCUT2D eigenvalue weighted by Gasteiger charge is 2.24. The molecule has 0 amide bonds. The van der Waals surface area contributed by atoms with Crippen molar-refractivity contribution >= 4 is 50.3 Å². The normalized spacial score (nSPS) is 19.5. The van der Waals surface area contributed by atoms with Gasteiger partial charge in [-0.1, -0.05) is 20.8 Å². The number of aromatic nitrogens is 1. The Bertz CT molecular complexity index is 902. The van der Waals surface area contributed by atoms with Gasteiger partial charge in [-0.25, -0.2) is 4.98 Å². The Morgan fingerprint density at radius 1 is 0.967 bits per heavy atom. The van der Waals surface area contributed by atoms with Crippen LogP contribution in [0.4, 0.5) is 11.4 Å². The summed E-state index contributed by atoms with van der Waals surface area (Å²) >= 11 is 7.61. The predicted octanol–water partition coefficient (Wildman–Crippen LogP) is 3.29. The molecule has 0 bridgehead atoms. The topological polar surface area (TPSA) is 37.9 Å². The number of thiazole rings is 1. The van der Waals surface area contributed by atoms with E-state index in [2.05, 4.69) is 71.9 Å². The number of benzene rings is 1. The fraction of sp³-hybridized carbons (Fsp3) is 0.636. The van der Waals surface area contributed by atoms with E-state index in [1.807, 2.05) is 0 Å². The second-order valence-corrected chi connectivity index (χ2v) is 11.0. The van der Waals surface area contributed by atoms with E-state index in [-0.39, 0.29) is 5.41 Å². The fourth-order valence-electron chi connectivity index (χ4n) is 3.90. The van der Waals surface area contributed by atoms with Crippen molar-refractivity contribution in [3.05, 3.63) is 17.1 Å². The van der Waals surface area contributed by atoms with E-state index < -0.39 is 0 Å². The summed E-state index contributed by atoms with van der Waals surface area (Å²) in [6, 6.07) is 4.53. The summed E-state index contributed by atoms with van der Waals surface area (Å²) in [5, 5.41) is 5.62. The standard InChI is InChI=1S/C22H34N6S2/c1-22(2,3)20-23-17-14-18(27-10-6-25(4)7-11-27)16(15-19(17)30-20)24-21(29)28-12-8-26(5)9-13-28/h14-15H,6-13H2,1-5H3,(H,24,29). The van der Waals surface area contributed by atoms with Crippen LogP contribution in [0.3, 0.4) is 0 Å². The molecule has 4 rings (SSSR count). The van der Waals surface area contributed by atoms with E-state index in [0.29, 0.717) is 0 Å². The average Bonchev–Trinajstić information content (AvgIpc) is 3.12. The van der Waals surface area contributed by atoms with Crippen molar-refractivity contribution in [3.63, 3.8) is 0 Å². The predicted molar refractivity (Wildman–Crippen MR) is 133 cm³/mol. The smallest absolute Gasteiger partial charge is 0.173 e. The van der Waals surface area contributed by atoms with Gasteiger partial charge in [0.05, 0.1) is 26.6 Å². The van der Waals surface area contributed by atoms with Crippen LogP contribution >= 0.6 is 23.6 Å². The zero-order chi connectivity index (χ0) is 21.5. The maximum absolute atomic E-state index is 5.82. The molecule has 164 valence electrons. The van der Waals surface area contributed by atoms with Crippen molar-refractivity contribution in [3.8, 4) is 0 Å². The minimum absolute atomic E-state index is 0.0560. The minimum atomic E-state index is 0.0560. The maximum atomic E-state index is 5.82. The molecule has 1 aromatic carbocycles. The molecule has 0 spiro atoms. The number of thiocarbonyl (C=S) groups is 1. The number of rotatable bonds is 2. The van der Waals surface area contributed by atoms with Gasteiger partial charge in [-0.05, 0) is 38.4 Å². The van der Waals surface area contributed by atoms with Crippen molar-refractivity contribution in [2.24, 2.45) is 0 Å². The van der Waals surface area contributed by atoms with Crippen LogP contribution in [0.5, 0.6) is 0 Å². The zero-order valence-corrected chi connectivity index (χ0v) is 20.5. The molecule has 1 N–H and O–H groups in total. The van der Waals surface area contributed by atoms with E-state index in [1.54, 1.807) is 11.3 Å². The first-order valence-electron chi connectivity index (χ1n) is 10.8. The van der Waals surface area contributed by atoms with E-state index in [0.717, 1.165) is 68.7 Å². The van der Waals surface area contributed by atoms with Crippen LogP contribution in [-0.4, -0.2) is 91.2 Å². The van der Waals surface area contributed by atoms with E-state index in [4.69, 9.17) is 17.2 Å². The van der Waals surface area contributed by atoms with Gasteiger partial charge in [-0.3, -0.25) is 0 Å². The van der Waals surface area contributed by atoms with Gasteiger partial charge in [-0.15, -0.1) is 11.3 Å². The quantitative estimate of drug-likeness (QED) is 0.710. The van der Waals surface area contributed by atoms with Gasteiger partial charge in [0.1, 0.15) is 0 Å². The van der Waals surface area contributed by atoms with Crippen molar-refractivity contribution < 1.29 is 0 Å². The Labute approximate surface area is 189 Å². The summed E-state index contributed by atoms with van der Waals surface area (Å²) in [4.78, 5) is 14.5. The summed E-state index contributed by atoms with van der Waals surface area (Å²) in [7, 11) is 4.36. The summed E-state index contributed by atoms with van der Waals surface area (Å²) in [6.07, 6.45) is 0. The van der Waals surface area contributed by atoms with E-state index in [1.165, 1.54) is 15.4 Å². The lowest BCUT2D eigenvalue weighted by molar-refractivity contribution is 0.217. The molecule has 0 unspecified atom stereocenters. The number of nitrogens with zero attached hydrogens (tertiary/aromatic N) is 5. The number of anilines is 2. The molecule has 0 atom stereocenters. The number of hydrogen-bond donors (Lipinski definition) is 1. The average molecular weight is 447 g/mol. The van der Waals surface area contributed by atoms with Gasteiger partial charge in [0.2, 0.25) is 0 Å². The molecule has 1 aromatic heterocycles. The molecule has 0 saturated carbocycles. The van der Waals surface area contributed by atoms with Crippen LogP contribution in [0.15, 0.2) is 12.1 Å². The molecule has 2 aliphatic heterocycles. The van der Waals surface area contributed by atoms with Gasteiger partial charge >= 0.3 is 0 Å². The summed E-state index contributed by atoms with van der Waals surface area (Å²) in [5.74, 6) is 0. The Morgan fingerprint density at radius 2 is 1.57 bits per heavy atom. The number of nitrogens with one attached hydrogen (secondary N) is 1. The molecular formula is C22H34N6S2. The SMILES string of the molecule is CN1CCN(C(=S)Nc2cc3sc(C(C)(C)C)nc3cc2N2CCN(C)CC2)CC1. The van der Waals surface area contributed by atoms with Crippen molar-refractivity contribution in [1.82, 2.24) is 19.7 Å². The largest absolute Gasteiger partial charge is 0.367 e. The third-order valence-electron chi connectivity index (χ3n) is 6.02. The zero-order valence-electron chi connectivity index (χ0n) is 18.9. The lowest BCUT2D eigenvalue weighted by Gasteiger charge is -2.37. The molecule has 2 fully saturated rings. The summed E-state index contributed by atoms with van der Waals surface area (Å²) in [6.45, 7) is 14.9. The third kappa shape index (κ3) is 4.72. The summed E-state index contributed by atoms with van der Waals surface area (Å²) in [5.41, 5.74) is 3.48. The maximum Gasteiger partial charge on any atom is 0.173 e. The molecular weight excluding hydrogens is 412 g/mol. The molecule has 3 heterocycles. The van der Waals surface area contributed by atoms with E-state index in [9.17, 15) is 0 Å². The Morgan fingerprint density at radius 3 is 2.17 bits per heavy atom. The van der Waals surface area contributed by atoms with Crippen molar-refractivity contribution in [1.29, 1.82) is 0 Å².